The van der Waals surface area contributed by atoms with Crippen molar-refractivity contribution in [1.82, 2.24) is 5.32 Å². The fourth-order valence-corrected chi connectivity index (χ4v) is 0.828. The lowest BCUT2D eigenvalue weighted by molar-refractivity contribution is 0.0929. The molecular weight excluding hydrogens is 168 g/mol. The zero-order valence-corrected chi connectivity index (χ0v) is 7.04. The Hall–Kier alpha value is -1.73. The molecule has 0 aliphatic heterocycles. The summed E-state index contributed by atoms with van der Waals surface area (Å²) in [5.41, 5.74) is 5.31. The van der Waals surface area contributed by atoms with Gasteiger partial charge < -0.3 is 15.5 Å². The van der Waals surface area contributed by atoms with Crippen LogP contribution in [-0.2, 0) is 6.54 Å². The first-order valence-electron chi connectivity index (χ1n) is 3.78. The summed E-state index contributed by atoms with van der Waals surface area (Å²) in [4.78, 5) is 11.2. The van der Waals surface area contributed by atoms with Crippen LogP contribution in [-0.4, -0.2) is 12.5 Å². The molecule has 0 radical (unpaired) electrons. The third-order valence-corrected chi connectivity index (χ3v) is 1.44. The van der Waals surface area contributed by atoms with Crippen LogP contribution in [0.25, 0.3) is 0 Å². The zero-order chi connectivity index (χ0) is 9.68. The number of rotatable bonds is 3. The monoisotopic (exact) mass is 178 g/mol. The van der Waals surface area contributed by atoms with Crippen LogP contribution in [0.15, 0.2) is 16.5 Å². The first kappa shape index (κ1) is 9.36. The lowest BCUT2D eigenvalue weighted by Gasteiger charge is -1.96. The first-order chi connectivity index (χ1) is 6.27. The number of hydrogen-bond acceptors (Lipinski definition) is 3. The van der Waals surface area contributed by atoms with E-state index in [4.69, 9.17) is 16.6 Å². The topological polar surface area (TPSA) is 68.3 Å². The third kappa shape index (κ3) is 2.36. The van der Waals surface area contributed by atoms with Crippen LogP contribution in [0, 0.1) is 12.3 Å². The molecule has 68 valence electrons. The highest BCUT2D eigenvalue weighted by molar-refractivity contribution is 5.91. The van der Waals surface area contributed by atoms with Gasteiger partial charge in [-0.15, -0.1) is 6.42 Å². The van der Waals surface area contributed by atoms with Crippen LogP contribution in [0.5, 0.6) is 0 Å². The molecule has 0 aliphatic carbocycles. The number of hydrogen-bond donors (Lipinski definition) is 2. The molecule has 0 atom stereocenters. The minimum atomic E-state index is -0.322. The van der Waals surface area contributed by atoms with E-state index in [1.165, 1.54) is 0 Å². The molecule has 1 rings (SSSR count). The van der Waals surface area contributed by atoms with Crippen molar-refractivity contribution in [2.75, 3.05) is 6.54 Å². The van der Waals surface area contributed by atoms with Crippen LogP contribution >= 0.6 is 0 Å². The number of furan rings is 1. The van der Waals surface area contributed by atoms with Gasteiger partial charge in [0.1, 0.15) is 5.76 Å². The SMILES string of the molecule is C#CCNC(=O)c1ccc(CN)o1. The molecule has 1 aromatic heterocycles. The maximum absolute atomic E-state index is 11.2. The molecule has 0 spiro atoms. The Kier molecular flexibility index (Phi) is 3.12. The van der Waals surface area contributed by atoms with Crippen molar-refractivity contribution >= 4 is 5.91 Å². The summed E-state index contributed by atoms with van der Waals surface area (Å²) in [5.74, 6) is 2.78. The van der Waals surface area contributed by atoms with Gasteiger partial charge in [0.05, 0.1) is 13.1 Å². The highest BCUT2D eigenvalue weighted by Gasteiger charge is 2.08. The molecule has 1 amide bonds. The maximum atomic E-state index is 11.2. The Bertz CT molecular complexity index is 336. The van der Waals surface area contributed by atoms with E-state index < -0.39 is 0 Å². The molecule has 3 N–H and O–H groups in total. The molecule has 13 heavy (non-hydrogen) atoms. The molecule has 0 bridgehead atoms. The molecule has 0 fully saturated rings. The van der Waals surface area contributed by atoms with E-state index in [0.717, 1.165) is 0 Å². The summed E-state index contributed by atoms with van der Waals surface area (Å²) >= 11 is 0. The van der Waals surface area contributed by atoms with E-state index in [2.05, 4.69) is 11.2 Å². The van der Waals surface area contributed by atoms with Crippen molar-refractivity contribution in [2.45, 2.75) is 6.54 Å². The summed E-state index contributed by atoms with van der Waals surface area (Å²) < 4.78 is 5.09. The van der Waals surface area contributed by atoms with Crippen LogP contribution in [0.1, 0.15) is 16.3 Å². The summed E-state index contributed by atoms with van der Waals surface area (Å²) in [7, 11) is 0. The van der Waals surface area contributed by atoms with Crippen molar-refractivity contribution in [1.29, 1.82) is 0 Å². The number of carbonyl (C=O) groups excluding carboxylic acids is 1. The number of carbonyl (C=O) groups is 1. The number of amides is 1. The van der Waals surface area contributed by atoms with Gasteiger partial charge in [0.25, 0.3) is 5.91 Å². The summed E-state index contributed by atoms with van der Waals surface area (Å²) in [6.45, 7) is 0.472. The van der Waals surface area contributed by atoms with Crippen molar-refractivity contribution in [2.24, 2.45) is 5.73 Å². The Morgan fingerprint density at radius 1 is 1.69 bits per heavy atom. The normalized spacial score (nSPS) is 9.23. The smallest absolute Gasteiger partial charge is 0.287 e. The van der Waals surface area contributed by atoms with E-state index in [1.54, 1.807) is 12.1 Å². The summed E-state index contributed by atoms with van der Waals surface area (Å²) in [5, 5.41) is 2.48. The van der Waals surface area contributed by atoms with E-state index in [-0.39, 0.29) is 24.8 Å². The average molecular weight is 178 g/mol. The average Bonchev–Trinajstić information content (AvgIpc) is 2.62. The molecule has 1 heterocycles. The van der Waals surface area contributed by atoms with Gasteiger partial charge in [0.2, 0.25) is 0 Å². The molecule has 4 heteroatoms. The van der Waals surface area contributed by atoms with Crippen molar-refractivity contribution in [3.05, 3.63) is 23.7 Å². The van der Waals surface area contributed by atoms with Gasteiger partial charge >= 0.3 is 0 Å². The van der Waals surface area contributed by atoms with E-state index in [1.807, 2.05) is 0 Å². The Morgan fingerprint density at radius 3 is 3.00 bits per heavy atom. The van der Waals surface area contributed by atoms with Gasteiger partial charge in [-0.1, -0.05) is 5.92 Å². The van der Waals surface area contributed by atoms with Crippen LogP contribution in [0.2, 0.25) is 0 Å². The summed E-state index contributed by atoms with van der Waals surface area (Å²) in [6, 6.07) is 3.22. The number of terminal acetylenes is 1. The Balaban J connectivity index is 2.62. The molecule has 0 unspecified atom stereocenters. The van der Waals surface area contributed by atoms with Gasteiger partial charge in [0, 0.05) is 0 Å². The third-order valence-electron chi connectivity index (χ3n) is 1.44. The fraction of sp³-hybridized carbons (Fsp3) is 0.222. The lowest BCUT2D eigenvalue weighted by Crippen LogP contribution is -2.22. The Morgan fingerprint density at radius 2 is 2.46 bits per heavy atom. The first-order valence-corrected chi connectivity index (χ1v) is 3.78. The summed E-state index contributed by atoms with van der Waals surface area (Å²) in [6.07, 6.45) is 4.97. The van der Waals surface area contributed by atoms with Gasteiger partial charge in [-0.3, -0.25) is 4.79 Å². The minimum absolute atomic E-state index is 0.192. The minimum Gasteiger partial charge on any atom is -0.455 e. The van der Waals surface area contributed by atoms with E-state index >= 15 is 0 Å². The van der Waals surface area contributed by atoms with Crippen molar-refractivity contribution < 1.29 is 9.21 Å². The van der Waals surface area contributed by atoms with Crippen LogP contribution in [0.4, 0.5) is 0 Å². The molecular formula is C9H10N2O2. The Labute approximate surface area is 76.1 Å². The maximum Gasteiger partial charge on any atom is 0.287 e. The number of nitrogens with one attached hydrogen (secondary N) is 1. The molecule has 0 aliphatic rings. The van der Waals surface area contributed by atoms with Crippen LogP contribution < -0.4 is 11.1 Å². The zero-order valence-electron chi connectivity index (χ0n) is 7.04. The predicted molar refractivity (Wildman–Crippen MR) is 47.8 cm³/mol. The molecule has 1 aromatic rings. The second kappa shape index (κ2) is 4.33. The highest BCUT2D eigenvalue weighted by atomic mass is 16.4. The standard InChI is InChI=1S/C9H10N2O2/c1-2-5-11-9(12)8-4-3-7(6-10)13-8/h1,3-4H,5-6,10H2,(H,11,12). The molecule has 0 saturated carbocycles. The lowest BCUT2D eigenvalue weighted by atomic mass is 10.4. The van der Waals surface area contributed by atoms with Crippen molar-refractivity contribution in [3.63, 3.8) is 0 Å². The van der Waals surface area contributed by atoms with Crippen molar-refractivity contribution in [3.8, 4) is 12.3 Å². The largest absolute Gasteiger partial charge is 0.455 e. The van der Waals surface area contributed by atoms with Gasteiger partial charge in [-0.2, -0.15) is 0 Å². The van der Waals surface area contributed by atoms with Gasteiger partial charge in [-0.25, -0.2) is 0 Å². The highest BCUT2D eigenvalue weighted by Crippen LogP contribution is 2.06. The number of nitrogens with two attached hydrogens (primary N) is 1. The molecule has 0 saturated heterocycles. The van der Waals surface area contributed by atoms with E-state index in [9.17, 15) is 4.79 Å². The second-order valence-corrected chi connectivity index (χ2v) is 2.36. The molecule has 0 aromatic carbocycles. The van der Waals surface area contributed by atoms with Crippen LogP contribution in [0.3, 0.4) is 0 Å². The fourth-order valence-electron chi connectivity index (χ4n) is 0.828. The quantitative estimate of drug-likeness (QED) is 0.645. The predicted octanol–water partition coefficient (Wildman–Crippen LogP) is 0.101. The molecule has 4 nitrogen and oxygen atoms in total. The van der Waals surface area contributed by atoms with Gasteiger partial charge in [-0.05, 0) is 12.1 Å². The second-order valence-electron chi connectivity index (χ2n) is 2.36. The van der Waals surface area contributed by atoms with E-state index in [0.29, 0.717) is 5.76 Å². The van der Waals surface area contributed by atoms with Gasteiger partial charge in [0.15, 0.2) is 5.76 Å².